The Hall–Kier alpha value is -4.39. The van der Waals surface area contributed by atoms with Gasteiger partial charge in [0.25, 0.3) is 0 Å². The van der Waals surface area contributed by atoms with Gasteiger partial charge in [0.2, 0.25) is 11.9 Å². The van der Waals surface area contributed by atoms with E-state index in [4.69, 9.17) is 9.47 Å². The molecule has 0 aliphatic heterocycles. The Morgan fingerprint density at radius 2 is 1.74 bits per heavy atom. The van der Waals surface area contributed by atoms with Crippen LogP contribution in [-0.4, -0.2) is 74.2 Å². The smallest absolute Gasteiger partial charge is 0.419 e. The van der Waals surface area contributed by atoms with Crippen LogP contribution in [0, 0.1) is 0 Å². The molecule has 0 spiro atoms. The van der Waals surface area contributed by atoms with Gasteiger partial charge in [-0.15, -0.1) is 0 Å². The molecule has 0 aliphatic rings. The lowest BCUT2D eigenvalue weighted by Crippen LogP contribution is -2.29. The van der Waals surface area contributed by atoms with Gasteiger partial charge in [0.05, 0.1) is 36.8 Å². The number of methoxy groups -OCH3 is 2. The van der Waals surface area contributed by atoms with Crippen LogP contribution < -0.4 is 25.0 Å². The summed E-state index contributed by atoms with van der Waals surface area (Å²) in [6, 6.07) is 6.95. The van der Waals surface area contributed by atoms with Crippen LogP contribution in [0.4, 0.5) is 36.2 Å². The maximum atomic E-state index is 13.5. The largest absolute Gasteiger partial charge is 0.496 e. The van der Waals surface area contributed by atoms with Gasteiger partial charge in [0.1, 0.15) is 17.8 Å². The SMILES string of the molecule is C=CC(=O)Nc1cc(Nc2ncnc(-c3ccc(OC)c(C(F)(F)F)c3)n2)c(OC)cc1N(C)CCN(C)C. The number of benzene rings is 2. The molecule has 2 N–H and O–H groups in total. The number of alkyl halides is 3. The molecule has 2 aromatic carbocycles. The molecule has 0 bridgehead atoms. The van der Waals surface area contributed by atoms with E-state index >= 15 is 0 Å². The van der Waals surface area contributed by atoms with E-state index in [1.54, 1.807) is 12.1 Å². The Kier molecular flexibility index (Phi) is 9.30. The van der Waals surface area contributed by atoms with Gasteiger partial charge in [-0.25, -0.2) is 9.97 Å². The van der Waals surface area contributed by atoms with Gasteiger partial charge < -0.3 is 29.9 Å². The van der Waals surface area contributed by atoms with Gasteiger partial charge >= 0.3 is 6.18 Å². The highest BCUT2D eigenvalue weighted by Crippen LogP contribution is 2.39. The summed E-state index contributed by atoms with van der Waals surface area (Å²) in [5, 5.41) is 5.81. The first-order valence-electron chi connectivity index (χ1n) is 11.7. The summed E-state index contributed by atoms with van der Waals surface area (Å²) < 4.78 is 51.0. The number of ether oxygens (including phenoxy) is 2. The van der Waals surface area contributed by atoms with Crippen molar-refractivity contribution in [3.05, 3.63) is 54.9 Å². The number of nitrogens with zero attached hydrogens (tertiary/aromatic N) is 5. The number of nitrogens with one attached hydrogen (secondary N) is 2. The molecule has 13 heteroatoms. The van der Waals surface area contributed by atoms with Crippen molar-refractivity contribution in [2.45, 2.75) is 6.18 Å². The number of carbonyl (C=O) groups excluding carboxylic acids is 1. The van der Waals surface area contributed by atoms with Crippen LogP contribution in [0.1, 0.15) is 5.56 Å². The van der Waals surface area contributed by atoms with E-state index in [1.165, 1.54) is 32.7 Å². The molecule has 0 fully saturated rings. The zero-order chi connectivity index (χ0) is 28.7. The maximum absolute atomic E-state index is 13.5. The highest BCUT2D eigenvalue weighted by Gasteiger charge is 2.34. The second kappa shape index (κ2) is 12.4. The molecular formula is C26H30F3N7O3. The molecule has 1 aromatic heterocycles. The van der Waals surface area contributed by atoms with Crippen LogP contribution in [0.25, 0.3) is 11.4 Å². The van der Waals surface area contributed by atoms with Crippen LogP contribution >= 0.6 is 0 Å². The Morgan fingerprint density at radius 3 is 2.36 bits per heavy atom. The monoisotopic (exact) mass is 545 g/mol. The van der Waals surface area contributed by atoms with Crippen molar-refractivity contribution in [2.24, 2.45) is 0 Å². The number of amides is 1. The van der Waals surface area contributed by atoms with Crippen LogP contribution in [0.15, 0.2) is 49.3 Å². The quantitative estimate of drug-likeness (QED) is 0.339. The van der Waals surface area contributed by atoms with Gasteiger partial charge in [-0.3, -0.25) is 4.79 Å². The summed E-state index contributed by atoms with van der Waals surface area (Å²) in [7, 11) is 8.46. The van der Waals surface area contributed by atoms with Crippen LogP contribution in [0.3, 0.4) is 0 Å². The van der Waals surface area contributed by atoms with E-state index < -0.39 is 17.6 Å². The number of hydrogen-bond donors (Lipinski definition) is 2. The number of hydrogen-bond acceptors (Lipinski definition) is 9. The van der Waals surface area contributed by atoms with Gasteiger partial charge in [0, 0.05) is 31.8 Å². The molecule has 0 radical (unpaired) electrons. The molecule has 0 saturated heterocycles. The first-order chi connectivity index (χ1) is 18.5. The minimum Gasteiger partial charge on any atom is -0.496 e. The van der Waals surface area contributed by atoms with Crippen molar-refractivity contribution in [1.82, 2.24) is 19.9 Å². The summed E-state index contributed by atoms with van der Waals surface area (Å²) in [5.74, 6) is -0.231. The van der Waals surface area contributed by atoms with Gasteiger partial charge in [0.15, 0.2) is 5.82 Å². The average Bonchev–Trinajstić information content (AvgIpc) is 2.91. The fourth-order valence-electron chi connectivity index (χ4n) is 3.59. The van der Waals surface area contributed by atoms with Gasteiger partial charge in [-0.2, -0.15) is 18.2 Å². The normalized spacial score (nSPS) is 11.2. The fraction of sp³-hybridized carbons (Fsp3) is 0.308. The third kappa shape index (κ3) is 7.35. The van der Waals surface area contributed by atoms with Crippen molar-refractivity contribution < 1.29 is 27.4 Å². The zero-order valence-electron chi connectivity index (χ0n) is 22.3. The molecule has 0 aliphatic carbocycles. The van der Waals surface area contributed by atoms with E-state index in [9.17, 15) is 18.0 Å². The molecule has 0 saturated carbocycles. The predicted molar refractivity (Wildman–Crippen MR) is 144 cm³/mol. The minimum atomic E-state index is -4.63. The lowest BCUT2D eigenvalue weighted by atomic mass is 10.1. The highest BCUT2D eigenvalue weighted by atomic mass is 19.4. The standard InChI is InChI=1S/C26H30F3N7O3/c1-7-23(37)32-18-13-19(22(39-6)14-20(18)36(4)11-10-35(2)3)33-25-31-15-30-24(34-25)16-8-9-21(38-5)17(12-16)26(27,28)29/h7-9,12-15H,1,10-11H2,2-6H3,(H,32,37)(H,30,31,33,34). The van der Waals surface area contributed by atoms with Gasteiger partial charge in [-0.1, -0.05) is 6.58 Å². The second-order valence-corrected chi connectivity index (χ2v) is 8.66. The van der Waals surface area contributed by atoms with Crippen molar-refractivity contribution in [3.8, 4) is 22.9 Å². The molecule has 39 heavy (non-hydrogen) atoms. The molecule has 0 unspecified atom stereocenters. The summed E-state index contributed by atoms with van der Waals surface area (Å²) in [6.07, 6.45) is -2.29. The maximum Gasteiger partial charge on any atom is 0.419 e. The number of anilines is 4. The van der Waals surface area contributed by atoms with Crippen LogP contribution in [0.5, 0.6) is 11.5 Å². The van der Waals surface area contributed by atoms with E-state index in [-0.39, 0.29) is 23.1 Å². The minimum absolute atomic E-state index is 0.0137. The molecule has 1 amide bonds. The Morgan fingerprint density at radius 1 is 1.03 bits per heavy atom. The Labute approximate surface area is 224 Å². The number of rotatable bonds is 11. The number of likely N-dealkylation sites (N-methyl/N-ethyl adjacent to an activating group) is 2. The fourth-order valence-corrected chi connectivity index (χ4v) is 3.59. The van der Waals surface area contributed by atoms with Crippen molar-refractivity contribution in [1.29, 1.82) is 0 Å². The van der Waals surface area contributed by atoms with E-state index in [1.807, 2.05) is 30.9 Å². The number of carbonyl (C=O) groups is 1. The Bertz CT molecular complexity index is 1330. The van der Waals surface area contributed by atoms with Crippen molar-refractivity contribution >= 4 is 28.9 Å². The predicted octanol–water partition coefficient (Wildman–Crippen LogP) is 4.44. The molecule has 10 nitrogen and oxygen atoms in total. The highest BCUT2D eigenvalue weighted by molar-refractivity contribution is 6.02. The number of halogens is 3. The van der Waals surface area contributed by atoms with Crippen LogP contribution in [-0.2, 0) is 11.0 Å². The Balaban J connectivity index is 2.00. The van der Waals surface area contributed by atoms with E-state index in [2.05, 4.69) is 32.2 Å². The van der Waals surface area contributed by atoms with Gasteiger partial charge in [-0.05, 0) is 44.4 Å². The zero-order valence-corrected chi connectivity index (χ0v) is 22.3. The summed E-state index contributed by atoms with van der Waals surface area (Å²) in [4.78, 5) is 28.6. The first kappa shape index (κ1) is 29.2. The van der Waals surface area contributed by atoms with Crippen molar-refractivity contribution in [3.63, 3.8) is 0 Å². The number of aromatic nitrogens is 3. The molecule has 3 aromatic rings. The molecule has 208 valence electrons. The van der Waals surface area contributed by atoms with E-state index in [0.717, 1.165) is 18.7 Å². The molecule has 1 heterocycles. The topological polar surface area (TPSA) is 105 Å². The lowest BCUT2D eigenvalue weighted by Gasteiger charge is -2.26. The second-order valence-electron chi connectivity index (χ2n) is 8.66. The molecular weight excluding hydrogens is 515 g/mol. The average molecular weight is 546 g/mol. The van der Waals surface area contributed by atoms with Crippen LogP contribution in [0.2, 0.25) is 0 Å². The summed E-state index contributed by atoms with van der Waals surface area (Å²) >= 11 is 0. The lowest BCUT2D eigenvalue weighted by molar-refractivity contribution is -0.138. The summed E-state index contributed by atoms with van der Waals surface area (Å²) in [5.41, 5.74) is 0.755. The molecule has 0 atom stereocenters. The third-order valence-corrected chi connectivity index (χ3v) is 5.64. The first-order valence-corrected chi connectivity index (χ1v) is 11.7. The molecule has 3 rings (SSSR count). The van der Waals surface area contributed by atoms with E-state index in [0.29, 0.717) is 29.4 Å². The third-order valence-electron chi connectivity index (χ3n) is 5.64. The summed E-state index contributed by atoms with van der Waals surface area (Å²) in [6.45, 7) is 4.94. The van der Waals surface area contributed by atoms with Crippen molar-refractivity contribution in [2.75, 3.05) is 64.0 Å².